The Labute approximate surface area is 195 Å². The molecule has 0 saturated carbocycles. The Balaban J connectivity index is 1.47. The van der Waals surface area contributed by atoms with E-state index in [1.807, 2.05) is 23.1 Å². The number of nitrogens with one attached hydrogen (secondary N) is 1. The Hall–Kier alpha value is -3.35. The van der Waals surface area contributed by atoms with Crippen molar-refractivity contribution in [3.63, 3.8) is 0 Å². The zero-order chi connectivity index (χ0) is 23.8. The number of benzene rings is 2. The van der Waals surface area contributed by atoms with Gasteiger partial charge in [0.15, 0.2) is 0 Å². The third kappa shape index (κ3) is 7.63. The van der Waals surface area contributed by atoms with E-state index < -0.39 is 11.7 Å². The first kappa shape index (κ1) is 24.3. The van der Waals surface area contributed by atoms with Crippen LogP contribution in [0.15, 0.2) is 54.6 Å². The van der Waals surface area contributed by atoms with Gasteiger partial charge in [-0.05, 0) is 57.4 Å². The number of ether oxygens (including phenoxy) is 1. The van der Waals surface area contributed by atoms with E-state index in [4.69, 9.17) is 4.74 Å². The SMILES string of the molecule is CC(C)(C)OC(=O)Nc1cccc(C(=O)N2CCN(C(=O)CCCc3ccccc3)CC2)c1. The number of amides is 3. The number of piperazine rings is 1. The first-order chi connectivity index (χ1) is 15.7. The predicted octanol–water partition coefficient (Wildman–Crippen LogP) is 4.34. The number of rotatable bonds is 6. The van der Waals surface area contributed by atoms with Crippen molar-refractivity contribution in [1.82, 2.24) is 9.80 Å². The van der Waals surface area contributed by atoms with Gasteiger partial charge in [0.05, 0.1) is 0 Å². The van der Waals surface area contributed by atoms with Gasteiger partial charge in [0.1, 0.15) is 5.60 Å². The maximum absolute atomic E-state index is 13.0. The second-order valence-corrected chi connectivity index (χ2v) is 9.22. The van der Waals surface area contributed by atoms with Crippen LogP contribution in [0.1, 0.15) is 49.5 Å². The molecule has 0 unspecified atom stereocenters. The van der Waals surface area contributed by atoms with Gasteiger partial charge in [-0.15, -0.1) is 0 Å². The van der Waals surface area contributed by atoms with Gasteiger partial charge in [-0.3, -0.25) is 14.9 Å². The molecular formula is C26H33N3O4. The molecule has 1 aliphatic rings. The fourth-order valence-corrected chi connectivity index (χ4v) is 3.74. The fourth-order valence-electron chi connectivity index (χ4n) is 3.74. The number of hydrogen-bond donors (Lipinski definition) is 1. The summed E-state index contributed by atoms with van der Waals surface area (Å²) in [5.41, 5.74) is 1.63. The van der Waals surface area contributed by atoms with Crippen LogP contribution in [-0.2, 0) is 16.0 Å². The Kier molecular flexibility index (Phi) is 8.09. The summed E-state index contributed by atoms with van der Waals surface area (Å²) in [6.07, 6.45) is 1.66. The molecule has 7 nitrogen and oxygen atoms in total. The normalized spacial score (nSPS) is 14.0. The Bertz CT molecular complexity index is 961. The minimum atomic E-state index is -0.601. The minimum absolute atomic E-state index is 0.112. The van der Waals surface area contributed by atoms with Crippen LogP contribution in [0.5, 0.6) is 0 Å². The maximum atomic E-state index is 13.0. The molecule has 33 heavy (non-hydrogen) atoms. The third-order valence-electron chi connectivity index (χ3n) is 5.37. The average Bonchev–Trinajstić information content (AvgIpc) is 2.78. The van der Waals surface area contributed by atoms with Gasteiger partial charge in [-0.25, -0.2) is 4.79 Å². The highest BCUT2D eigenvalue weighted by molar-refractivity contribution is 5.96. The summed E-state index contributed by atoms with van der Waals surface area (Å²) in [4.78, 5) is 41.1. The van der Waals surface area contributed by atoms with E-state index >= 15 is 0 Å². The third-order valence-corrected chi connectivity index (χ3v) is 5.37. The lowest BCUT2D eigenvalue weighted by Gasteiger charge is -2.35. The molecule has 0 bridgehead atoms. The lowest BCUT2D eigenvalue weighted by molar-refractivity contribution is -0.132. The summed E-state index contributed by atoms with van der Waals surface area (Å²) in [5.74, 6) is 0.0283. The van der Waals surface area contributed by atoms with Crippen LogP contribution in [0, 0.1) is 0 Å². The monoisotopic (exact) mass is 451 g/mol. The topological polar surface area (TPSA) is 79.0 Å². The van der Waals surface area contributed by atoms with Crippen molar-refractivity contribution >= 4 is 23.6 Å². The molecule has 1 heterocycles. The molecule has 3 amide bonds. The Morgan fingerprint density at radius 2 is 1.58 bits per heavy atom. The van der Waals surface area contributed by atoms with E-state index in [1.165, 1.54) is 5.56 Å². The highest BCUT2D eigenvalue weighted by atomic mass is 16.6. The fraction of sp³-hybridized carbons (Fsp3) is 0.423. The van der Waals surface area contributed by atoms with E-state index in [0.717, 1.165) is 12.8 Å². The van der Waals surface area contributed by atoms with Crippen molar-refractivity contribution in [3.05, 3.63) is 65.7 Å². The number of anilines is 1. The first-order valence-corrected chi connectivity index (χ1v) is 11.4. The lowest BCUT2D eigenvalue weighted by Crippen LogP contribution is -2.50. The average molecular weight is 452 g/mol. The van der Waals surface area contributed by atoms with E-state index in [9.17, 15) is 14.4 Å². The van der Waals surface area contributed by atoms with Crippen molar-refractivity contribution < 1.29 is 19.1 Å². The van der Waals surface area contributed by atoms with Crippen molar-refractivity contribution in [2.45, 2.75) is 45.6 Å². The quantitative estimate of drug-likeness (QED) is 0.709. The molecule has 3 rings (SSSR count). The van der Waals surface area contributed by atoms with E-state index in [-0.39, 0.29) is 11.8 Å². The number of hydrogen-bond acceptors (Lipinski definition) is 4. The van der Waals surface area contributed by atoms with Gasteiger partial charge >= 0.3 is 6.09 Å². The van der Waals surface area contributed by atoms with Crippen LogP contribution in [0.2, 0.25) is 0 Å². The molecule has 0 radical (unpaired) electrons. The van der Waals surface area contributed by atoms with Gasteiger partial charge in [0.2, 0.25) is 5.91 Å². The highest BCUT2D eigenvalue weighted by Crippen LogP contribution is 2.17. The van der Waals surface area contributed by atoms with E-state index in [0.29, 0.717) is 43.9 Å². The lowest BCUT2D eigenvalue weighted by atomic mass is 10.1. The second kappa shape index (κ2) is 11.0. The summed E-state index contributed by atoms with van der Waals surface area (Å²) in [6.45, 7) is 7.43. The van der Waals surface area contributed by atoms with Crippen molar-refractivity contribution in [2.24, 2.45) is 0 Å². The van der Waals surface area contributed by atoms with Crippen LogP contribution in [0.3, 0.4) is 0 Å². The summed E-state index contributed by atoms with van der Waals surface area (Å²) in [5, 5.41) is 2.67. The molecule has 2 aromatic rings. The standard InChI is InChI=1S/C26H33N3O4/c1-26(2,3)33-25(32)27-22-13-8-12-21(19-22)24(31)29-17-15-28(16-18-29)23(30)14-7-11-20-9-5-4-6-10-20/h4-6,8-10,12-13,19H,7,11,14-18H2,1-3H3,(H,27,32). The number of carbonyl (C=O) groups is 3. The number of aryl methyl sites for hydroxylation is 1. The van der Waals surface area contributed by atoms with Crippen LogP contribution >= 0.6 is 0 Å². The number of nitrogens with zero attached hydrogens (tertiary/aromatic N) is 2. The minimum Gasteiger partial charge on any atom is -0.444 e. The molecule has 0 aliphatic carbocycles. The molecule has 0 spiro atoms. The van der Waals surface area contributed by atoms with Crippen LogP contribution in [-0.4, -0.2) is 59.5 Å². The van der Waals surface area contributed by atoms with Crippen molar-refractivity contribution in [1.29, 1.82) is 0 Å². The van der Waals surface area contributed by atoms with Gasteiger partial charge < -0.3 is 14.5 Å². The molecule has 0 atom stereocenters. The zero-order valence-electron chi connectivity index (χ0n) is 19.7. The van der Waals surface area contributed by atoms with E-state index in [2.05, 4.69) is 17.4 Å². The predicted molar refractivity (Wildman–Crippen MR) is 128 cm³/mol. The van der Waals surface area contributed by atoms with Gasteiger partial charge in [0.25, 0.3) is 5.91 Å². The van der Waals surface area contributed by atoms with Crippen LogP contribution < -0.4 is 5.32 Å². The largest absolute Gasteiger partial charge is 0.444 e. The Morgan fingerprint density at radius 3 is 2.24 bits per heavy atom. The summed E-state index contributed by atoms with van der Waals surface area (Å²) in [7, 11) is 0. The first-order valence-electron chi connectivity index (χ1n) is 11.4. The molecule has 1 fully saturated rings. The van der Waals surface area contributed by atoms with Crippen molar-refractivity contribution in [2.75, 3.05) is 31.5 Å². The smallest absolute Gasteiger partial charge is 0.412 e. The molecule has 1 N–H and O–H groups in total. The van der Waals surface area contributed by atoms with Crippen LogP contribution in [0.25, 0.3) is 0 Å². The summed E-state index contributed by atoms with van der Waals surface area (Å²) in [6, 6.07) is 17.0. The van der Waals surface area contributed by atoms with Gasteiger partial charge in [-0.1, -0.05) is 36.4 Å². The Morgan fingerprint density at radius 1 is 0.909 bits per heavy atom. The highest BCUT2D eigenvalue weighted by Gasteiger charge is 2.25. The second-order valence-electron chi connectivity index (χ2n) is 9.22. The molecule has 176 valence electrons. The van der Waals surface area contributed by atoms with E-state index in [1.54, 1.807) is 49.9 Å². The summed E-state index contributed by atoms with van der Waals surface area (Å²) >= 11 is 0. The van der Waals surface area contributed by atoms with Gasteiger partial charge in [-0.2, -0.15) is 0 Å². The van der Waals surface area contributed by atoms with Gasteiger partial charge in [0, 0.05) is 43.9 Å². The molecule has 1 saturated heterocycles. The number of carbonyl (C=O) groups excluding carboxylic acids is 3. The molecule has 2 aromatic carbocycles. The van der Waals surface area contributed by atoms with Crippen LogP contribution in [0.4, 0.5) is 10.5 Å². The zero-order valence-corrected chi connectivity index (χ0v) is 19.7. The molecular weight excluding hydrogens is 418 g/mol. The maximum Gasteiger partial charge on any atom is 0.412 e. The molecule has 1 aliphatic heterocycles. The summed E-state index contributed by atoms with van der Waals surface area (Å²) < 4.78 is 5.26. The van der Waals surface area contributed by atoms with Crippen molar-refractivity contribution in [3.8, 4) is 0 Å². The molecule has 7 heteroatoms. The molecule has 0 aromatic heterocycles.